The van der Waals surface area contributed by atoms with E-state index in [-0.39, 0.29) is 28.7 Å². The molecule has 1 atom stereocenters. The Morgan fingerprint density at radius 3 is 1.90 bits per heavy atom. The second-order valence-corrected chi connectivity index (χ2v) is 8.43. The number of carbonyl (C=O) groups is 2. The molecule has 1 aliphatic carbocycles. The Morgan fingerprint density at radius 1 is 1.15 bits per heavy atom. The van der Waals surface area contributed by atoms with E-state index in [1.165, 1.54) is 0 Å². The lowest BCUT2D eigenvalue weighted by Crippen LogP contribution is -2.56. The molecule has 0 spiro atoms. The maximum Gasteiger partial charge on any atom is 0.224 e. The van der Waals surface area contributed by atoms with Crippen LogP contribution in [0, 0.1) is 16.7 Å². The molecule has 1 aliphatic rings. The van der Waals surface area contributed by atoms with Crippen LogP contribution in [0.3, 0.4) is 0 Å². The lowest BCUT2D eigenvalue weighted by atomic mass is 9.57. The highest BCUT2D eigenvalue weighted by Gasteiger charge is 2.53. The number of hydrogen-bond acceptors (Lipinski definition) is 2. The van der Waals surface area contributed by atoms with E-state index in [0.717, 1.165) is 19.3 Å². The van der Waals surface area contributed by atoms with Gasteiger partial charge in [-0.2, -0.15) is 0 Å². The van der Waals surface area contributed by atoms with Gasteiger partial charge >= 0.3 is 0 Å². The van der Waals surface area contributed by atoms with Crippen molar-refractivity contribution in [1.29, 1.82) is 0 Å². The summed E-state index contributed by atoms with van der Waals surface area (Å²) in [6.45, 7) is 12.2. The van der Waals surface area contributed by atoms with E-state index in [9.17, 15) is 9.59 Å². The van der Waals surface area contributed by atoms with Gasteiger partial charge in [-0.05, 0) is 45.4 Å². The summed E-state index contributed by atoms with van der Waals surface area (Å²) in [5.74, 6) is -0.680. The number of carbonyl (C=O) groups excluding carboxylic acids is 2. The van der Waals surface area contributed by atoms with Gasteiger partial charge in [0.15, 0.2) is 0 Å². The summed E-state index contributed by atoms with van der Waals surface area (Å²) >= 11 is 0. The summed E-state index contributed by atoms with van der Waals surface area (Å²) in [7, 11) is 0. The summed E-state index contributed by atoms with van der Waals surface area (Å²) in [6, 6.07) is 0. The second kappa shape index (κ2) is 5.38. The highest BCUT2D eigenvalue weighted by molar-refractivity contribution is 5.90. The van der Waals surface area contributed by atoms with E-state index >= 15 is 0 Å². The van der Waals surface area contributed by atoms with Crippen LogP contribution in [0.15, 0.2) is 0 Å². The van der Waals surface area contributed by atoms with Gasteiger partial charge in [-0.3, -0.25) is 9.59 Å². The zero-order valence-corrected chi connectivity index (χ0v) is 13.8. The maximum atomic E-state index is 12.7. The SMILES string of the molecule is CC(C)(C)CC(C(=O)NC(C)(C)C)C1(C(N)=O)CCC1. The van der Waals surface area contributed by atoms with E-state index in [2.05, 4.69) is 26.1 Å². The van der Waals surface area contributed by atoms with Crippen LogP contribution in [0.2, 0.25) is 0 Å². The minimum absolute atomic E-state index is 0.0159. The fourth-order valence-electron chi connectivity index (χ4n) is 2.93. The first-order valence-corrected chi connectivity index (χ1v) is 7.49. The molecular formula is C16H30N2O2. The third-order valence-electron chi connectivity index (χ3n) is 4.03. The Bertz CT molecular complexity index is 384. The zero-order valence-electron chi connectivity index (χ0n) is 13.8. The number of hydrogen-bond donors (Lipinski definition) is 2. The molecule has 0 aliphatic heterocycles. The van der Waals surface area contributed by atoms with Gasteiger partial charge in [0.1, 0.15) is 0 Å². The zero-order chi connectivity index (χ0) is 15.8. The standard InChI is InChI=1S/C16H30N2O2/c1-14(2,3)10-11(12(19)18-15(4,5)6)16(13(17)20)8-7-9-16/h11H,7-10H2,1-6H3,(H2,17,20)(H,18,19). The Morgan fingerprint density at radius 2 is 1.65 bits per heavy atom. The van der Waals surface area contributed by atoms with Gasteiger partial charge in [0.25, 0.3) is 0 Å². The van der Waals surface area contributed by atoms with Crippen molar-refractivity contribution in [3.63, 3.8) is 0 Å². The van der Waals surface area contributed by atoms with Gasteiger partial charge < -0.3 is 11.1 Å². The molecule has 4 nitrogen and oxygen atoms in total. The van der Waals surface area contributed by atoms with Gasteiger partial charge in [-0.1, -0.05) is 27.2 Å². The van der Waals surface area contributed by atoms with Crippen molar-refractivity contribution in [2.45, 2.75) is 72.8 Å². The fourth-order valence-corrected chi connectivity index (χ4v) is 2.93. The summed E-state index contributed by atoms with van der Waals surface area (Å²) in [5, 5.41) is 3.02. The molecule has 0 radical (unpaired) electrons. The average Bonchev–Trinajstić information content (AvgIpc) is 2.08. The van der Waals surface area contributed by atoms with Crippen LogP contribution in [-0.4, -0.2) is 17.4 Å². The molecule has 3 N–H and O–H groups in total. The first-order valence-electron chi connectivity index (χ1n) is 7.49. The van der Waals surface area contributed by atoms with Crippen molar-refractivity contribution in [3.8, 4) is 0 Å². The van der Waals surface area contributed by atoms with E-state index in [4.69, 9.17) is 5.73 Å². The van der Waals surface area contributed by atoms with Crippen molar-refractivity contribution in [2.75, 3.05) is 0 Å². The van der Waals surface area contributed by atoms with Crippen LogP contribution >= 0.6 is 0 Å². The van der Waals surface area contributed by atoms with Crippen LogP contribution in [0.25, 0.3) is 0 Å². The molecular weight excluding hydrogens is 252 g/mol. The molecule has 1 saturated carbocycles. The topological polar surface area (TPSA) is 72.2 Å². The molecule has 0 aromatic carbocycles. The summed E-state index contributed by atoms with van der Waals surface area (Å²) in [6.07, 6.45) is 3.13. The number of nitrogens with one attached hydrogen (secondary N) is 1. The second-order valence-electron chi connectivity index (χ2n) is 8.43. The molecule has 2 amide bonds. The van der Waals surface area contributed by atoms with Crippen molar-refractivity contribution in [3.05, 3.63) is 0 Å². The predicted octanol–water partition coefficient (Wildman–Crippen LogP) is 2.61. The first-order chi connectivity index (χ1) is 8.87. The lowest BCUT2D eigenvalue weighted by molar-refractivity contribution is -0.149. The maximum absolute atomic E-state index is 12.7. The van der Waals surface area contributed by atoms with Crippen LogP contribution in [-0.2, 0) is 9.59 Å². The predicted molar refractivity (Wildman–Crippen MR) is 80.9 cm³/mol. The van der Waals surface area contributed by atoms with Gasteiger partial charge in [-0.15, -0.1) is 0 Å². The highest BCUT2D eigenvalue weighted by Crippen LogP contribution is 2.50. The monoisotopic (exact) mass is 282 g/mol. The van der Waals surface area contributed by atoms with Gasteiger partial charge in [0.2, 0.25) is 11.8 Å². The smallest absolute Gasteiger partial charge is 0.224 e. The molecule has 0 saturated heterocycles. The minimum atomic E-state index is -0.636. The third-order valence-corrected chi connectivity index (χ3v) is 4.03. The summed E-state index contributed by atoms with van der Waals surface area (Å²) in [4.78, 5) is 24.6. The van der Waals surface area contributed by atoms with Crippen molar-refractivity contribution in [1.82, 2.24) is 5.32 Å². The van der Waals surface area contributed by atoms with E-state index in [0.29, 0.717) is 6.42 Å². The molecule has 0 aromatic rings. The Labute approximate surface area is 122 Å². The van der Waals surface area contributed by atoms with E-state index in [1.54, 1.807) is 0 Å². The first kappa shape index (κ1) is 17.0. The highest BCUT2D eigenvalue weighted by atomic mass is 16.2. The fraction of sp³-hybridized carbons (Fsp3) is 0.875. The third kappa shape index (κ3) is 3.97. The van der Waals surface area contributed by atoms with Gasteiger partial charge in [0.05, 0.1) is 11.3 Å². The number of nitrogens with two attached hydrogens (primary N) is 1. The number of rotatable bonds is 4. The average molecular weight is 282 g/mol. The van der Waals surface area contributed by atoms with Crippen molar-refractivity contribution >= 4 is 11.8 Å². The largest absolute Gasteiger partial charge is 0.369 e. The molecule has 116 valence electrons. The Balaban J connectivity index is 3.03. The summed E-state index contributed by atoms with van der Waals surface area (Å²) < 4.78 is 0. The molecule has 0 bridgehead atoms. The van der Waals surface area contributed by atoms with Crippen LogP contribution in [0.5, 0.6) is 0 Å². The molecule has 0 aromatic heterocycles. The lowest BCUT2D eigenvalue weighted by Gasteiger charge is -2.46. The molecule has 1 rings (SSSR count). The van der Waals surface area contributed by atoms with E-state index in [1.807, 2.05) is 20.8 Å². The van der Waals surface area contributed by atoms with Crippen molar-refractivity contribution in [2.24, 2.45) is 22.5 Å². The molecule has 0 heterocycles. The molecule has 4 heteroatoms. The molecule has 1 fully saturated rings. The Hall–Kier alpha value is -1.06. The van der Waals surface area contributed by atoms with Crippen molar-refractivity contribution < 1.29 is 9.59 Å². The van der Waals surface area contributed by atoms with Crippen LogP contribution in [0.1, 0.15) is 67.2 Å². The molecule has 1 unspecified atom stereocenters. The number of primary amides is 1. The minimum Gasteiger partial charge on any atom is -0.369 e. The van der Waals surface area contributed by atoms with Gasteiger partial charge in [0, 0.05) is 5.54 Å². The quantitative estimate of drug-likeness (QED) is 0.832. The summed E-state index contributed by atoms with van der Waals surface area (Å²) in [5.41, 5.74) is 4.69. The Kier molecular flexibility index (Phi) is 4.57. The normalized spacial score (nSPS) is 19.9. The van der Waals surface area contributed by atoms with Crippen LogP contribution in [0.4, 0.5) is 0 Å². The molecule has 20 heavy (non-hydrogen) atoms. The van der Waals surface area contributed by atoms with Crippen LogP contribution < -0.4 is 11.1 Å². The van der Waals surface area contributed by atoms with Gasteiger partial charge in [-0.25, -0.2) is 0 Å². The number of amides is 2. The van der Waals surface area contributed by atoms with E-state index < -0.39 is 5.41 Å².